The number of methoxy groups -OCH3 is 1. The number of aromatic nitrogens is 2. The minimum atomic E-state index is 0.214. The molecule has 0 aliphatic carbocycles. The number of hydrogen-bond acceptors (Lipinski definition) is 6. The fourth-order valence-corrected chi connectivity index (χ4v) is 2.50. The van der Waals surface area contributed by atoms with Crippen LogP contribution < -0.4 is 10.6 Å². The largest absolute Gasteiger partial charge is 0.378 e. The minimum absolute atomic E-state index is 0.214. The normalized spacial score (nSPS) is 25.2. The zero-order valence-electron chi connectivity index (χ0n) is 9.86. The highest BCUT2D eigenvalue weighted by atomic mass is 32.1. The maximum Gasteiger partial charge on any atom is 0.202 e. The van der Waals surface area contributed by atoms with Gasteiger partial charge in [0, 0.05) is 37.6 Å². The van der Waals surface area contributed by atoms with Gasteiger partial charge in [-0.05, 0) is 0 Å². The molecular weight excluding hydrogens is 224 g/mol. The van der Waals surface area contributed by atoms with E-state index in [-0.39, 0.29) is 12.1 Å². The topological polar surface area (TPSA) is 59.1 Å². The lowest BCUT2D eigenvalue weighted by Gasteiger charge is -2.17. The highest BCUT2D eigenvalue weighted by Crippen LogP contribution is 2.19. The third kappa shape index (κ3) is 2.50. The third-order valence-corrected chi connectivity index (χ3v) is 3.39. The lowest BCUT2D eigenvalue weighted by atomic mass is 10.2. The Bertz CT molecular complexity index is 341. The van der Waals surface area contributed by atoms with Crippen molar-refractivity contribution in [3.05, 3.63) is 5.82 Å². The molecule has 0 amide bonds. The van der Waals surface area contributed by atoms with Gasteiger partial charge in [-0.25, -0.2) is 4.98 Å². The van der Waals surface area contributed by atoms with Crippen LogP contribution >= 0.6 is 11.5 Å². The van der Waals surface area contributed by atoms with Crippen LogP contribution in [0.15, 0.2) is 0 Å². The highest BCUT2D eigenvalue weighted by molar-refractivity contribution is 7.09. The lowest BCUT2D eigenvalue weighted by Crippen LogP contribution is -2.33. The molecule has 1 aromatic heterocycles. The summed E-state index contributed by atoms with van der Waals surface area (Å²) in [5.41, 5.74) is 0. The van der Waals surface area contributed by atoms with Gasteiger partial charge in [0.25, 0.3) is 0 Å². The van der Waals surface area contributed by atoms with Crippen LogP contribution in [0.4, 0.5) is 5.13 Å². The molecule has 0 aromatic carbocycles. The molecule has 16 heavy (non-hydrogen) atoms. The monoisotopic (exact) mass is 242 g/mol. The number of ether oxygens (including phenoxy) is 1. The SMILES string of the molecule is CO[C@H]1CNCC1Nc1nc(C(C)C)ns1. The van der Waals surface area contributed by atoms with Crippen molar-refractivity contribution in [1.29, 1.82) is 0 Å². The Morgan fingerprint density at radius 1 is 1.50 bits per heavy atom. The summed E-state index contributed by atoms with van der Waals surface area (Å²) in [6.45, 7) is 6.00. The van der Waals surface area contributed by atoms with E-state index in [1.807, 2.05) is 0 Å². The maximum atomic E-state index is 5.38. The standard InChI is InChI=1S/C10H18N4OS/c1-6(2)9-13-10(16-14-9)12-7-4-11-5-8(7)15-3/h6-8,11H,4-5H2,1-3H3,(H,12,13,14)/t7?,8-/m0/s1. The first-order valence-corrected chi connectivity index (χ1v) is 6.31. The van der Waals surface area contributed by atoms with Crippen molar-refractivity contribution >= 4 is 16.7 Å². The molecule has 1 saturated heterocycles. The van der Waals surface area contributed by atoms with E-state index in [0.29, 0.717) is 5.92 Å². The fraction of sp³-hybridized carbons (Fsp3) is 0.800. The van der Waals surface area contributed by atoms with Crippen LogP contribution in [0.2, 0.25) is 0 Å². The number of anilines is 1. The summed E-state index contributed by atoms with van der Waals surface area (Å²) in [5.74, 6) is 1.29. The van der Waals surface area contributed by atoms with Gasteiger partial charge in [-0.15, -0.1) is 0 Å². The van der Waals surface area contributed by atoms with Gasteiger partial charge in [0.1, 0.15) is 5.82 Å². The summed E-state index contributed by atoms with van der Waals surface area (Å²) >= 11 is 1.42. The zero-order valence-corrected chi connectivity index (χ0v) is 10.7. The Morgan fingerprint density at radius 3 is 2.94 bits per heavy atom. The van der Waals surface area contributed by atoms with E-state index in [9.17, 15) is 0 Å². The molecule has 0 spiro atoms. The van der Waals surface area contributed by atoms with Crippen molar-refractivity contribution in [3.8, 4) is 0 Å². The number of hydrogen-bond donors (Lipinski definition) is 2. The van der Waals surface area contributed by atoms with Crippen molar-refractivity contribution in [2.75, 3.05) is 25.5 Å². The average Bonchev–Trinajstić information content (AvgIpc) is 2.87. The van der Waals surface area contributed by atoms with Crippen LogP contribution in [0.25, 0.3) is 0 Å². The van der Waals surface area contributed by atoms with Crippen LogP contribution in [0.1, 0.15) is 25.6 Å². The Hall–Kier alpha value is -0.720. The van der Waals surface area contributed by atoms with Crippen molar-refractivity contribution in [1.82, 2.24) is 14.7 Å². The molecule has 1 aliphatic rings. The molecule has 1 unspecified atom stereocenters. The molecule has 2 N–H and O–H groups in total. The zero-order chi connectivity index (χ0) is 11.5. The van der Waals surface area contributed by atoms with E-state index in [2.05, 4.69) is 33.8 Å². The van der Waals surface area contributed by atoms with Gasteiger partial charge in [0.15, 0.2) is 0 Å². The minimum Gasteiger partial charge on any atom is -0.378 e. The maximum absolute atomic E-state index is 5.38. The van der Waals surface area contributed by atoms with Gasteiger partial charge in [-0.3, -0.25) is 0 Å². The van der Waals surface area contributed by atoms with Crippen molar-refractivity contribution in [3.63, 3.8) is 0 Å². The summed E-state index contributed by atoms with van der Waals surface area (Å²) in [4.78, 5) is 4.45. The van der Waals surface area contributed by atoms with Gasteiger partial charge in [-0.2, -0.15) is 4.37 Å². The highest BCUT2D eigenvalue weighted by Gasteiger charge is 2.27. The quantitative estimate of drug-likeness (QED) is 0.827. The molecule has 1 aromatic rings. The van der Waals surface area contributed by atoms with Crippen molar-refractivity contribution in [2.24, 2.45) is 0 Å². The molecular formula is C10H18N4OS. The molecule has 2 heterocycles. The molecule has 1 aliphatic heterocycles. The molecule has 2 atom stereocenters. The molecule has 5 nitrogen and oxygen atoms in total. The number of nitrogens with one attached hydrogen (secondary N) is 2. The number of nitrogens with zero attached hydrogens (tertiary/aromatic N) is 2. The van der Waals surface area contributed by atoms with E-state index < -0.39 is 0 Å². The second kappa shape index (κ2) is 5.07. The summed E-state index contributed by atoms with van der Waals surface area (Å²) < 4.78 is 9.70. The summed E-state index contributed by atoms with van der Waals surface area (Å²) in [5, 5.41) is 7.56. The average molecular weight is 242 g/mol. The van der Waals surface area contributed by atoms with E-state index >= 15 is 0 Å². The second-order valence-corrected chi connectivity index (χ2v) is 5.05. The lowest BCUT2D eigenvalue weighted by molar-refractivity contribution is 0.111. The predicted octanol–water partition coefficient (Wildman–Crippen LogP) is 1.06. The smallest absolute Gasteiger partial charge is 0.202 e. The third-order valence-electron chi connectivity index (χ3n) is 2.73. The number of rotatable bonds is 4. The van der Waals surface area contributed by atoms with Gasteiger partial charge in [-0.1, -0.05) is 13.8 Å². The van der Waals surface area contributed by atoms with Gasteiger partial charge < -0.3 is 15.4 Å². The fourth-order valence-electron chi connectivity index (χ4n) is 1.73. The van der Waals surface area contributed by atoms with Crippen LogP contribution in [-0.2, 0) is 4.74 Å². The molecule has 0 saturated carbocycles. The first-order valence-electron chi connectivity index (χ1n) is 5.54. The first-order chi connectivity index (χ1) is 7.70. The van der Waals surface area contributed by atoms with Crippen LogP contribution in [-0.4, -0.2) is 41.7 Å². The van der Waals surface area contributed by atoms with Crippen molar-refractivity contribution in [2.45, 2.75) is 31.9 Å². The van der Waals surface area contributed by atoms with Crippen LogP contribution in [0.3, 0.4) is 0 Å². The molecule has 2 rings (SSSR count). The summed E-state index contributed by atoms with van der Waals surface area (Å²) in [7, 11) is 1.74. The molecule has 90 valence electrons. The van der Waals surface area contributed by atoms with Crippen LogP contribution in [0, 0.1) is 0 Å². The molecule has 6 heteroatoms. The van der Waals surface area contributed by atoms with Crippen molar-refractivity contribution < 1.29 is 4.74 Å². The second-order valence-electron chi connectivity index (χ2n) is 4.30. The molecule has 1 fully saturated rings. The van der Waals surface area contributed by atoms with Gasteiger partial charge in [0.2, 0.25) is 5.13 Å². The Morgan fingerprint density at radius 2 is 2.31 bits per heavy atom. The van der Waals surface area contributed by atoms with E-state index in [0.717, 1.165) is 24.0 Å². The Labute approximate surface area is 99.8 Å². The Balaban J connectivity index is 1.97. The predicted molar refractivity (Wildman–Crippen MR) is 65.1 cm³/mol. The summed E-state index contributed by atoms with van der Waals surface area (Å²) in [6, 6.07) is 0.290. The van der Waals surface area contributed by atoms with E-state index in [1.54, 1.807) is 7.11 Å². The van der Waals surface area contributed by atoms with Gasteiger partial charge in [0.05, 0.1) is 12.1 Å². The van der Waals surface area contributed by atoms with Crippen LogP contribution in [0.5, 0.6) is 0 Å². The molecule has 0 radical (unpaired) electrons. The first kappa shape index (κ1) is 11.8. The Kier molecular flexibility index (Phi) is 3.73. The molecule has 0 bridgehead atoms. The summed E-state index contributed by atoms with van der Waals surface area (Å²) in [6.07, 6.45) is 0.214. The van der Waals surface area contributed by atoms with E-state index in [4.69, 9.17) is 4.74 Å². The van der Waals surface area contributed by atoms with Gasteiger partial charge >= 0.3 is 0 Å². The van der Waals surface area contributed by atoms with E-state index in [1.165, 1.54) is 11.5 Å².